The zero-order valence-corrected chi connectivity index (χ0v) is 20.3. The largest absolute Gasteiger partial charge is 0.350 e. The molecular formula is C25H36N6O3. The minimum Gasteiger partial charge on any atom is -0.350 e. The van der Waals surface area contributed by atoms with E-state index in [0.717, 1.165) is 23.6 Å². The topological polar surface area (TPSA) is 99.1 Å². The summed E-state index contributed by atoms with van der Waals surface area (Å²) in [6, 6.07) is 3.48. The van der Waals surface area contributed by atoms with Crippen LogP contribution in [-0.2, 0) is 11.2 Å². The highest BCUT2D eigenvalue weighted by Gasteiger charge is 2.25. The van der Waals surface area contributed by atoms with Gasteiger partial charge in [-0.3, -0.25) is 18.9 Å². The number of pyridine rings is 1. The molecule has 1 saturated heterocycles. The van der Waals surface area contributed by atoms with Crippen molar-refractivity contribution in [3.05, 3.63) is 29.6 Å². The predicted molar refractivity (Wildman–Crippen MR) is 131 cm³/mol. The quantitative estimate of drug-likeness (QED) is 0.560. The molecule has 4 rings (SSSR count). The number of fused-ring (bicyclic) bond motifs is 1. The van der Waals surface area contributed by atoms with Crippen LogP contribution < -0.4 is 15.5 Å². The van der Waals surface area contributed by atoms with Crippen molar-refractivity contribution in [2.24, 2.45) is 5.92 Å². The fraction of sp³-hybridized carbons (Fsp3) is 0.600. The van der Waals surface area contributed by atoms with Crippen LogP contribution >= 0.6 is 0 Å². The van der Waals surface area contributed by atoms with Crippen LogP contribution in [0.2, 0.25) is 0 Å². The number of hydrogen-bond donors (Lipinski definition) is 2. The molecule has 0 radical (unpaired) electrons. The van der Waals surface area contributed by atoms with E-state index in [2.05, 4.69) is 10.6 Å². The van der Waals surface area contributed by atoms with Gasteiger partial charge in [0.15, 0.2) is 0 Å². The molecule has 34 heavy (non-hydrogen) atoms. The lowest BCUT2D eigenvalue weighted by Crippen LogP contribution is -2.36. The maximum atomic E-state index is 13.2. The Morgan fingerprint density at radius 1 is 1.24 bits per heavy atom. The lowest BCUT2D eigenvalue weighted by molar-refractivity contribution is -0.118. The summed E-state index contributed by atoms with van der Waals surface area (Å²) in [5, 5.41) is 5.65. The Morgan fingerprint density at radius 3 is 2.71 bits per heavy atom. The fourth-order valence-electron chi connectivity index (χ4n) is 5.08. The molecule has 0 aromatic carbocycles. The van der Waals surface area contributed by atoms with Crippen molar-refractivity contribution >= 4 is 29.3 Å². The number of nitrogens with zero attached hydrogens (tertiary/aromatic N) is 4. The third-order valence-electron chi connectivity index (χ3n) is 6.99. The first kappa shape index (κ1) is 24.0. The van der Waals surface area contributed by atoms with Gasteiger partial charge in [0.25, 0.3) is 5.91 Å². The van der Waals surface area contributed by atoms with Crippen molar-refractivity contribution in [1.82, 2.24) is 24.9 Å². The van der Waals surface area contributed by atoms with E-state index in [9.17, 15) is 14.4 Å². The van der Waals surface area contributed by atoms with Crippen LogP contribution in [0.25, 0.3) is 5.65 Å². The molecule has 0 atom stereocenters. The van der Waals surface area contributed by atoms with Crippen molar-refractivity contribution in [3.63, 3.8) is 0 Å². The Labute approximate surface area is 200 Å². The second-order valence-corrected chi connectivity index (χ2v) is 9.18. The van der Waals surface area contributed by atoms with Crippen LogP contribution in [0.1, 0.15) is 68.4 Å². The summed E-state index contributed by atoms with van der Waals surface area (Å²) in [6.45, 7) is 6.71. The molecular weight excluding hydrogens is 432 g/mol. The number of nitrogens with one attached hydrogen (secondary N) is 2. The minimum atomic E-state index is -0.213. The standard InChI is InChI=1S/C25H36N6O3/c1-3-20-24(30(4-2)22(32)12-9-18-7-5-6-8-18)31-17-19(10-11-21(31)28-20)23(33)26-13-15-29-16-14-27-25(29)34/h10-11,17-18H,3-9,12-16H2,1-2H3,(H,26,33)(H,27,34). The number of aryl methyl sites for hydroxylation is 1. The zero-order valence-electron chi connectivity index (χ0n) is 20.3. The van der Waals surface area contributed by atoms with Crippen LogP contribution in [0.3, 0.4) is 0 Å². The number of hydrogen-bond acceptors (Lipinski definition) is 4. The highest BCUT2D eigenvalue weighted by atomic mass is 16.2. The van der Waals surface area contributed by atoms with Gasteiger partial charge in [0, 0.05) is 45.3 Å². The first-order valence-electron chi connectivity index (χ1n) is 12.6. The summed E-state index contributed by atoms with van der Waals surface area (Å²) in [7, 11) is 0. The van der Waals surface area contributed by atoms with Crippen LogP contribution in [0, 0.1) is 5.92 Å². The normalized spacial score (nSPS) is 16.3. The molecule has 2 fully saturated rings. The van der Waals surface area contributed by atoms with Crippen LogP contribution in [-0.4, -0.2) is 64.9 Å². The van der Waals surface area contributed by atoms with Gasteiger partial charge in [0.2, 0.25) is 5.91 Å². The lowest BCUT2D eigenvalue weighted by atomic mass is 10.0. The predicted octanol–water partition coefficient (Wildman–Crippen LogP) is 2.98. The third kappa shape index (κ3) is 5.18. The third-order valence-corrected chi connectivity index (χ3v) is 6.99. The molecule has 0 bridgehead atoms. The van der Waals surface area contributed by atoms with Gasteiger partial charge in [0.1, 0.15) is 11.5 Å². The molecule has 4 amide bonds. The average molecular weight is 469 g/mol. The van der Waals surface area contributed by atoms with Crippen molar-refractivity contribution in [1.29, 1.82) is 0 Å². The highest BCUT2D eigenvalue weighted by Crippen LogP contribution is 2.30. The molecule has 184 valence electrons. The van der Waals surface area contributed by atoms with Crippen molar-refractivity contribution in [2.45, 2.75) is 58.8 Å². The molecule has 9 nitrogen and oxygen atoms in total. The van der Waals surface area contributed by atoms with E-state index >= 15 is 0 Å². The molecule has 1 aliphatic heterocycles. The highest BCUT2D eigenvalue weighted by molar-refractivity contribution is 5.96. The molecule has 0 unspecified atom stereocenters. The Hall–Kier alpha value is -3.10. The molecule has 2 N–H and O–H groups in total. The molecule has 1 saturated carbocycles. The molecule has 2 aromatic rings. The van der Waals surface area contributed by atoms with Gasteiger partial charge in [-0.15, -0.1) is 0 Å². The number of aromatic nitrogens is 2. The van der Waals surface area contributed by atoms with Gasteiger partial charge in [0.05, 0.1) is 11.3 Å². The van der Waals surface area contributed by atoms with E-state index in [-0.39, 0.29) is 17.8 Å². The van der Waals surface area contributed by atoms with Crippen LogP contribution in [0.5, 0.6) is 0 Å². The molecule has 9 heteroatoms. The number of imidazole rings is 1. The van der Waals surface area contributed by atoms with E-state index in [1.54, 1.807) is 17.2 Å². The smallest absolute Gasteiger partial charge is 0.317 e. The van der Waals surface area contributed by atoms with Gasteiger partial charge < -0.3 is 15.5 Å². The summed E-state index contributed by atoms with van der Waals surface area (Å²) in [5.41, 5.74) is 2.07. The number of rotatable bonds is 10. The Balaban J connectivity index is 1.49. The number of urea groups is 1. The van der Waals surface area contributed by atoms with E-state index < -0.39 is 0 Å². The van der Waals surface area contributed by atoms with E-state index in [1.807, 2.05) is 29.2 Å². The minimum absolute atomic E-state index is 0.0944. The zero-order chi connectivity index (χ0) is 24.1. The monoisotopic (exact) mass is 468 g/mol. The van der Waals surface area contributed by atoms with Crippen LogP contribution in [0.4, 0.5) is 10.6 Å². The second-order valence-electron chi connectivity index (χ2n) is 9.18. The molecule has 0 spiro atoms. The molecule has 2 aromatic heterocycles. The van der Waals surface area contributed by atoms with Gasteiger partial charge in [-0.05, 0) is 37.8 Å². The summed E-state index contributed by atoms with van der Waals surface area (Å²) in [6.07, 6.45) is 8.96. The lowest BCUT2D eigenvalue weighted by Gasteiger charge is -2.22. The van der Waals surface area contributed by atoms with Gasteiger partial charge in [-0.25, -0.2) is 9.78 Å². The number of carbonyl (C=O) groups is 3. The van der Waals surface area contributed by atoms with E-state index in [4.69, 9.17) is 4.98 Å². The van der Waals surface area contributed by atoms with Gasteiger partial charge >= 0.3 is 6.03 Å². The second kappa shape index (κ2) is 10.9. The molecule has 3 heterocycles. The molecule has 1 aliphatic carbocycles. The average Bonchev–Trinajstić information content (AvgIpc) is 3.58. The Kier molecular flexibility index (Phi) is 7.70. The first-order valence-corrected chi connectivity index (χ1v) is 12.6. The number of anilines is 1. The number of amides is 4. The van der Waals surface area contributed by atoms with Gasteiger partial charge in [-0.2, -0.15) is 0 Å². The van der Waals surface area contributed by atoms with E-state index in [1.165, 1.54) is 25.7 Å². The summed E-state index contributed by atoms with van der Waals surface area (Å²) in [4.78, 5) is 45.9. The summed E-state index contributed by atoms with van der Waals surface area (Å²) < 4.78 is 1.87. The Bertz CT molecular complexity index is 1040. The summed E-state index contributed by atoms with van der Waals surface area (Å²) >= 11 is 0. The first-order chi connectivity index (χ1) is 16.5. The van der Waals surface area contributed by atoms with E-state index in [0.29, 0.717) is 57.0 Å². The Morgan fingerprint density at radius 2 is 2.03 bits per heavy atom. The van der Waals surface area contributed by atoms with Crippen molar-refractivity contribution < 1.29 is 14.4 Å². The number of carbonyl (C=O) groups excluding carboxylic acids is 3. The van der Waals surface area contributed by atoms with Crippen LogP contribution in [0.15, 0.2) is 18.3 Å². The molecule has 2 aliphatic rings. The van der Waals surface area contributed by atoms with Crippen molar-refractivity contribution in [2.75, 3.05) is 37.6 Å². The van der Waals surface area contributed by atoms with Crippen molar-refractivity contribution in [3.8, 4) is 0 Å². The maximum absolute atomic E-state index is 13.2. The SMILES string of the molecule is CCc1nc2ccc(C(=O)NCCN3CCNC3=O)cn2c1N(CC)C(=O)CCC1CCCC1. The fourth-order valence-corrected chi connectivity index (χ4v) is 5.08. The maximum Gasteiger partial charge on any atom is 0.317 e. The van der Waals surface area contributed by atoms with Gasteiger partial charge in [-0.1, -0.05) is 32.6 Å². The summed E-state index contributed by atoms with van der Waals surface area (Å²) in [5.74, 6) is 1.33.